The normalized spacial score (nSPS) is 20.7. The average molecular weight is 785 g/mol. The topological polar surface area (TPSA) is 180 Å². The molecular weight excluding hydrogens is 733 g/mol. The first-order valence-electron chi connectivity index (χ1n) is 18.9. The Bertz CT molecular complexity index is 1710. The van der Waals surface area contributed by atoms with E-state index >= 15 is 0 Å². The molecule has 0 unspecified atom stereocenters. The third-order valence-electron chi connectivity index (χ3n) is 10.6. The number of likely N-dealkylation sites (tertiary alicyclic amines) is 1. The lowest BCUT2D eigenvalue weighted by Gasteiger charge is -2.36. The number of nitrogens with one attached hydrogen (secondary N) is 4. The van der Waals surface area contributed by atoms with Crippen LogP contribution in [0.1, 0.15) is 107 Å². The Morgan fingerprint density at radius 3 is 2.26 bits per heavy atom. The lowest BCUT2D eigenvalue weighted by Crippen LogP contribution is -2.60. The molecule has 54 heavy (non-hydrogen) atoms. The van der Waals surface area contributed by atoms with Gasteiger partial charge in [-0.3, -0.25) is 33.8 Å². The molecule has 0 radical (unpaired) electrons. The van der Waals surface area contributed by atoms with Crippen molar-refractivity contribution in [3.05, 3.63) is 58.1 Å². The van der Waals surface area contributed by atoms with Gasteiger partial charge in [0.15, 0.2) is 0 Å². The summed E-state index contributed by atoms with van der Waals surface area (Å²) in [7, 11) is 0. The van der Waals surface area contributed by atoms with Crippen molar-refractivity contribution in [2.75, 3.05) is 13.1 Å². The Kier molecular flexibility index (Phi) is 13.7. The van der Waals surface area contributed by atoms with Gasteiger partial charge >= 0.3 is 0 Å². The first-order chi connectivity index (χ1) is 25.7. The van der Waals surface area contributed by atoms with E-state index in [0.717, 1.165) is 44.9 Å². The fourth-order valence-electron chi connectivity index (χ4n) is 7.41. The molecule has 13 nitrogen and oxygen atoms in total. The van der Waals surface area contributed by atoms with Gasteiger partial charge in [0.2, 0.25) is 23.5 Å². The second-order valence-corrected chi connectivity index (χ2v) is 16.7. The summed E-state index contributed by atoms with van der Waals surface area (Å²) in [4.78, 5) is 91.6. The first kappa shape index (κ1) is 41.1. The van der Waals surface area contributed by atoms with E-state index in [1.807, 2.05) is 27.7 Å². The fraction of sp³-hybridized carbons (Fsp3) is 0.590. The van der Waals surface area contributed by atoms with Gasteiger partial charge in [0, 0.05) is 47.5 Å². The SMILES string of the molecule is CCC[C@@H](NC(=O)[C@H]1CN(C(=O)[C@@H](NC(=O)[C@@H](NC(=O)c2cnccn2)C2CCCCC2)C(C)(C)C)C[C@@H]1c1ccc(Cl)cc1Cl)C(=O)C(=O)NC1CC1. The molecule has 292 valence electrons. The Morgan fingerprint density at radius 2 is 1.65 bits per heavy atom. The maximum absolute atomic E-state index is 14.6. The zero-order chi connectivity index (χ0) is 39.2. The lowest BCUT2D eigenvalue weighted by molar-refractivity contribution is -0.141. The predicted molar refractivity (Wildman–Crippen MR) is 204 cm³/mol. The van der Waals surface area contributed by atoms with Crippen LogP contribution in [0.5, 0.6) is 0 Å². The molecule has 5 rings (SSSR count). The van der Waals surface area contributed by atoms with Gasteiger partial charge in [-0.2, -0.15) is 0 Å². The second-order valence-electron chi connectivity index (χ2n) is 15.8. The van der Waals surface area contributed by atoms with E-state index in [0.29, 0.717) is 22.0 Å². The molecule has 3 aliphatic rings. The fourth-order valence-corrected chi connectivity index (χ4v) is 7.95. The Morgan fingerprint density at radius 1 is 0.926 bits per heavy atom. The van der Waals surface area contributed by atoms with Crippen molar-refractivity contribution in [2.45, 2.75) is 116 Å². The molecule has 5 atom stereocenters. The largest absolute Gasteiger partial charge is 0.347 e. The number of aromatic nitrogens is 2. The van der Waals surface area contributed by atoms with Gasteiger partial charge in [-0.1, -0.05) is 82.6 Å². The van der Waals surface area contributed by atoms with Crippen molar-refractivity contribution >= 4 is 58.5 Å². The number of carbonyl (C=O) groups is 6. The van der Waals surface area contributed by atoms with Gasteiger partial charge in [-0.05, 0) is 61.1 Å². The standard InChI is InChI=1S/C39H51Cl2N7O6/c1-5-9-29(32(49)37(53)44-24-13-14-24)45-34(50)27-21-48(20-26(27)25-15-12-23(40)18-28(25)41)38(54)33(39(2,3)4)47-36(52)31(22-10-7-6-8-11-22)46-35(51)30-19-42-16-17-43-30/h12,15-19,22,24,26-27,29,31,33H,5-11,13-14,20-21H2,1-4H3,(H,44,53)(H,45,50)(H,46,51)(H,47,52)/t26-,27+,29-,31+,33-/m1/s1. The molecule has 4 N–H and O–H groups in total. The second kappa shape index (κ2) is 18.0. The van der Waals surface area contributed by atoms with Crippen molar-refractivity contribution in [1.29, 1.82) is 0 Å². The van der Waals surface area contributed by atoms with E-state index < -0.39 is 70.7 Å². The lowest BCUT2D eigenvalue weighted by atomic mass is 9.82. The Balaban J connectivity index is 1.39. The molecule has 5 amide bonds. The maximum Gasteiger partial charge on any atom is 0.289 e. The minimum Gasteiger partial charge on any atom is -0.347 e. The third-order valence-corrected chi connectivity index (χ3v) is 11.1. The third kappa shape index (κ3) is 10.3. The summed E-state index contributed by atoms with van der Waals surface area (Å²) in [6.45, 7) is 7.43. The number of benzene rings is 1. The molecule has 2 aliphatic carbocycles. The van der Waals surface area contributed by atoms with E-state index in [1.54, 1.807) is 23.1 Å². The van der Waals surface area contributed by atoms with Crippen molar-refractivity contribution in [1.82, 2.24) is 36.1 Å². The van der Waals surface area contributed by atoms with E-state index in [1.165, 1.54) is 18.6 Å². The van der Waals surface area contributed by atoms with Crippen LogP contribution in [0.15, 0.2) is 36.8 Å². The minimum absolute atomic E-state index is 0.0195. The number of amides is 5. The molecule has 15 heteroatoms. The first-order valence-corrected chi connectivity index (χ1v) is 19.7. The number of halogens is 2. The highest BCUT2D eigenvalue weighted by Crippen LogP contribution is 2.39. The number of hydrogen-bond acceptors (Lipinski definition) is 8. The van der Waals surface area contributed by atoms with Crippen LogP contribution in [0.3, 0.4) is 0 Å². The number of rotatable bonds is 14. The van der Waals surface area contributed by atoms with Crippen molar-refractivity contribution in [3.63, 3.8) is 0 Å². The smallest absolute Gasteiger partial charge is 0.289 e. The van der Waals surface area contributed by atoms with Crippen molar-refractivity contribution in [2.24, 2.45) is 17.3 Å². The van der Waals surface area contributed by atoms with Crippen molar-refractivity contribution in [3.8, 4) is 0 Å². The quantitative estimate of drug-likeness (QED) is 0.204. The average Bonchev–Trinajstić information content (AvgIpc) is 3.85. The number of ketones is 1. The highest BCUT2D eigenvalue weighted by Gasteiger charge is 2.46. The molecule has 0 bridgehead atoms. The minimum atomic E-state index is -1.04. The molecule has 2 saturated carbocycles. The van der Waals surface area contributed by atoms with E-state index in [-0.39, 0.29) is 37.2 Å². The molecule has 1 saturated heterocycles. The molecule has 2 aromatic rings. The molecule has 2 heterocycles. The van der Waals surface area contributed by atoms with Crippen molar-refractivity contribution < 1.29 is 28.8 Å². The Labute approximate surface area is 326 Å². The molecule has 1 aromatic carbocycles. The van der Waals surface area contributed by atoms with Crippen LogP contribution in [0.2, 0.25) is 10.0 Å². The van der Waals surface area contributed by atoms with Crippen LogP contribution >= 0.6 is 23.2 Å². The number of carbonyl (C=O) groups excluding carboxylic acids is 6. The van der Waals surface area contributed by atoms with Gasteiger partial charge in [0.05, 0.1) is 18.2 Å². The zero-order valence-electron chi connectivity index (χ0n) is 31.3. The van der Waals surface area contributed by atoms with Crippen LogP contribution in [0, 0.1) is 17.3 Å². The van der Waals surface area contributed by atoms with Crippen LogP contribution in [0.25, 0.3) is 0 Å². The summed E-state index contributed by atoms with van der Waals surface area (Å²) in [6, 6.07) is 1.94. The number of nitrogens with zero attached hydrogens (tertiary/aromatic N) is 3. The zero-order valence-corrected chi connectivity index (χ0v) is 32.8. The molecule has 1 aromatic heterocycles. The number of hydrogen-bond donors (Lipinski definition) is 4. The summed E-state index contributed by atoms with van der Waals surface area (Å²) < 4.78 is 0. The Hall–Kier alpha value is -4.10. The van der Waals surface area contributed by atoms with Crippen LogP contribution in [-0.2, 0) is 24.0 Å². The summed E-state index contributed by atoms with van der Waals surface area (Å²) in [5, 5.41) is 12.1. The van der Waals surface area contributed by atoms with Gasteiger partial charge < -0.3 is 26.2 Å². The van der Waals surface area contributed by atoms with Crippen LogP contribution < -0.4 is 21.3 Å². The van der Waals surface area contributed by atoms with E-state index in [4.69, 9.17) is 23.2 Å². The van der Waals surface area contributed by atoms with Gasteiger partial charge in [-0.15, -0.1) is 0 Å². The summed E-state index contributed by atoms with van der Waals surface area (Å²) in [5.74, 6) is -4.92. The van der Waals surface area contributed by atoms with Crippen LogP contribution in [0.4, 0.5) is 0 Å². The highest BCUT2D eigenvalue weighted by atomic mass is 35.5. The summed E-state index contributed by atoms with van der Waals surface area (Å²) in [6.07, 6.45) is 11.0. The van der Waals surface area contributed by atoms with Gasteiger partial charge in [0.1, 0.15) is 17.8 Å². The van der Waals surface area contributed by atoms with Crippen LogP contribution in [-0.4, -0.2) is 87.4 Å². The van der Waals surface area contributed by atoms with E-state index in [2.05, 4.69) is 31.2 Å². The molecule has 0 spiro atoms. The van der Waals surface area contributed by atoms with E-state index in [9.17, 15) is 28.8 Å². The predicted octanol–water partition coefficient (Wildman–Crippen LogP) is 4.37. The molecule has 1 aliphatic heterocycles. The number of Topliss-reactive ketones (excluding diaryl/α,β-unsaturated/α-hetero) is 1. The van der Waals surface area contributed by atoms with Gasteiger partial charge in [0.25, 0.3) is 11.8 Å². The van der Waals surface area contributed by atoms with Gasteiger partial charge in [-0.25, -0.2) is 4.98 Å². The molecular formula is C39H51Cl2N7O6. The monoisotopic (exact) mass is 783 g/mol. The summed E-state index contributed by atoms with van der Waals surface area (Å²) >= 11 is 12.9. The molecule has 3 fully saturated rings. The highest BCUT2D eigenvalue weighted by molar-refractivity contribution is 6.38. The summed E-state index contributed by atoms with van der Waals surface area (Å²) in [5.41, 5.74) is -0.101. The maximum atomic E-state index is 14.6.